The van der Waals surface area contributed by atoms with E-state index in [1.54, 1.807) is 24.3 Å². The second kappa shape index (κ2) is 10.7. The van der Waals surface area contributed by atoms with Crippen molar-refractivity contribution in [2.24, 2.45) is 0 Å². The van der Waals surface area contributed by atoms with E-state index in [1.807, 2.05) is 60.7 Å². The monoisotopic (exact) mass is 417 g/mol. The summed E-state index contributed by atoms with van der Waals surface area (Å²) in [7, 11) is 0. The second-order valence-corrected chi connectivity index (χ2v) is 6.77. The fraction of sp³-hybridized carbons (Fsp3) is 0.0833. The summed E-state index contributed by atoms with van der Waals surface area (Å²) in [6, 6.07) is 25.8. The Labute approximate surface area is 180 Å². The van der Waals surface area contributed by atoms with E-state index in [9.17, 15) is 10.1 Å². The number of carbonyl (C=O) groups is 1. The van der Waals surface area contributed by atoms with E-state index in [2.05, 4.69) is 10.6 Å². The number of para-hydroxylation sites is 1. The van der Waals surface area contributed by atoms with Gasteiger partial charge in [0.05, 0.1) is 0 Å². The lowest BCUT2D eigenvalue weighted by Gasteiger charge is -2.08. The molecule has 1 amide bonds. The largest absolute Gasteiger partial charge is 0.457 e. The third kappa shape index (κ3) is 6.13. The second-order valence-electron chi connectivity index (χ2n) is 6.36. The van der Waals surface area contributed by atoms with Gasteiger partial charge in [-0.25, -0.2) is 0 Å². The third-order valence-corrected chi connectivity index (χ3v) is 4.57. The maximum absolute atomic E-state index is 12.3. The molecule has 0 radical (unpaired) electrons. The zero-order valence-corrected chi connectivity index (χ0v) is 16.9. The van der Waals surface area contributed by atoms with E-state index in [4.69, 9.17) is 16.3 Å². The third-order valence-electron chi connectivity index (χ3n) is 4.20. The van der Waals surface area contributed by atoms with Gasteiger partial charge in [0.15, 0.2) is 0 Å². The summed E-state index contributed by atoms with van der Waals surface area (Å²) in [4.78, 5) is 12.3. The highest BCUT2D eigenvalue weighted by molar-refractivity contribution is 6.31. The van der Waals surface area contributed by atoms with Gasteiger partial charge < -0.3 is 15.4 Å². The van der Waals surface area contributed by atoms with E-state index >= 15 is 0 Å². The number of benzene rings is 3. The van der Waals surface area contributed by atoms with Gasteiger partial charge in [-0.05, 0) is 54.4 Å². The number of rotatable bonds is 8. The minimum atomic E-state index is -0.487. The van der Waals surface area contributed by atoms with Crippen molar-refractivity contribution in [2.45, 2.75) is 6.42 Å². The highest BCUT2D eigenvalue weighted by atomic mass is 35.5. The van der Waals surface area contributed by atoms with Crippen LogP contribution in [0.5, 0.6) is 11.5 Å². The molecule has 3 rings (SSSR count). The van der Waals surface area contributed by atoms with Crippen molar-refractivity contribution in [2.75, 3.05) is 11.9 Å². The van der Waals surface area contributed by atoms with Crippen LogP contribution in [0.2, 0.25) is 5.02 Å². The highest BCUT2D eigenvalue weighted by Crippen LogP contribution is 2.22. The van der Waals surface area contributed by atoms with Crippen molar-refractivity contribution in [3.05, 3.63) is 101 Å². The number of carbonyl (C=O) groups excluding carboxylic acids is 1. The first-order chi connectivity index (χ1) is 14.7. The van der Waals surface area contributed by atoms with Gasteiger partial charge in [-0.2, -0.15) is 5.26 Å². The topological polar surface area (TPSA) is 74.2 Å². The fourth-order valence-corrected chi connectivity index (χ4v) is 2.89. The Bertz CT molecular complexity index is 1060. The zero-order valence-electron chi connectivity index (χ0n) is 16.1. The zero-order chi connectivity index (χ0) is 21.2. The van der Waals surface area contributed by atoms with Crippen LogP contribution in [-0.2, 0) is 11.2 Å². The lowest BCUT2D eigenvalue weighted by molar-refractivity contribution is -0.112. The quantitative estimate of drug-likeness (QED) is 0.296. The first-order valence-electron chi connectivity index (χ1n) is 9.37. The predicted molar refractivity (Wildman–Crippen MR) is 118 cm³/mol. The molecule has 5 nitrogen and oxygen atoms in total. The van der Waals surface area contributed by atoms with Crippen LogP contribution in [0.15, 0.2) is 90.6 Å². The van der Waals surface area contributed by atoms with E-state index < -0.39 is 5.91 Å². The number of nitrogens with zero attached hydrogens (tertiary/aromatic N) is 1. The average molecular weight is 418 g/mol. The Kier molecular flexibility index (Phi) is 7.48. The number of nitrogens with one attached hydrogen (secondary N) is 2. The summed E-state index contributed by atoms with van der Waals surface area (Å²) in [5.74, 6) is 0.891. The summed E-state index contributed by atoms with van der Waals surface area (Å²) in [6.45, 7) is 0.549. The van der Waals surface area contributed by atoms with Crippen molar-refractivity contribution in [1.29, 1.82) is 5.26 Å². The first kappa shape index (κ1) is 21.0. The van der Waals surface area contributed by atoms with Gasteiger partial charge in [0, 0.05) is 23.5 Å². The molecule has 30 heavy (non-hydrogen) atoms. The van der Waals surface area contributed by atoms with Gasteiger partial charge in [-0.3, -0.25) is 4.79 Å². The van der Waals surface area contributed by atoms with Crippen LogP contribution in [0.25, 0.3) is 0 Å². The molecule has 2 N–H and O–H groups in total. The molecule has 0 bridgehead atoms. The Balaban J connectivity index is 1.52. The van der Waals surface area contributed by atoms with E-state index in [-0.39, 0.29) is 5.57 Å². The minimum Gasteiger partial charge on any atom is -0.457 e. The number of hydrogen-bond acceptors (Lipinski definition) is 4. The standard InChI is InChI=1S/C24H20ClN3O2/c25-23-9-5-4-6-18(23)14-15-27-17-19(16-26)24(29)28-20-10-12-22(13-11-20)30-21-7-2-1-3-8-21/h1-13,17,27H,14-15H2,(H,28,29)/b19-17-. The molecular formula is C24H20ClN3O2. The van der Waals surface area contributed by atoms with Crippen molar-refractivity contribution < 1.29 is 9.53 Å². The molecule has 0 aliphatic rings. The maximum atomic E-state index is 12.3. The molecule has 0 aliphatic carbocycles. The van der Waals surface area contributed by atoms with Crippen LogP contribution in [0, 0.1) is 11.3 Å². The van der Waals surface area contributed by atoms with Gasteiger partial charge in [-0.1, -0.05) is 48.0 Å². The van der Waals surface area contributed by atoms with Crippen LogP contribution < -0.4 is 15.4 Å². The van der Waals surface area contributed by atoms with Crippen LogP contribution >= 0.6 is 11.6 Å². The van der Waals surface area contributed by atoms with Crippen molar-refractivity contribution in [3.8, 4) is 17.6 Å². The lowest BCUT2D eigenvalue weighted by atomic mass is 10.1. The molecule has 0 saturated heterocycles. The molecule has 3 aromatic carbocycles. The molecule has 150 valence electrons. The molecule has 0 aromatic heterocycles. The highest BCUT2D eigenvalue weighted by Gasteiger charge is 2.09. The van der Waals surface area contributed by atoms with Gasteiger partial charge in [-0.15, -0.1) is 0 Å². The van der Waals surface area contributed by atoms with E-state index in [0.29, 0.717) is 29.4 Å². The summed E-state index contributed by atoms with van der Waals surface area (Å²) < 4.78 is 5.72. The molecule has 0 saturated carbocycles. The molecular weight excluding hydrogens is 398 g/mol. The number of nitriles is 1. The fourth-order valence-electron chi connectivity index (χ4n) is 2.66. The first-order valence-corrected chi connectivity index (χ1v) is 9.75. The minimum absolute atomic E-state index is 0.0150. The van der Waals surface area contributed by atoms with Gasteiger partial charge in [0.1, 0.15) is 23.1 Å². The van der Waals surface area contributed by atoms with Crippen LogP contribution in [0.3, 0.4) is 0 Å². The molecule has 0 fully saturated rings. The summed E-state index contributed by atoms with van der Waals surface area (Å²) in [5.41, 5.74) is 1.55. The van der Waals surface area contributed by atoms with Gasteiger partial charge >= 0.3 is 0 Å². The maximum Gasteiger partial charge on any atom is 0.267 e. The molecule has 0 aliphatic heterocycles. The van der Waals surface area contributed by atoms with Crippen molar-refractivity contribution in [1.82, 2.24) is 5.32 Å². The SMILES string of the molecule is N#C/C(=C/NCCc1ccccc1Cl)C(=O)Nc1ccc(Oc2ccccc2)cc1. The Morgan fingerprint density at radius 2 is 1.63 bits per heavy atom. The number of ether oxygens (including phenoxy) is 1. The van der Waals surface area contributed by atoms with Crippen molar-refractivity contribution in [3.63, 3.8) is 0 Å². The van der Waals surface area contributed by atoms with E-state index in [0.717, 1.165) is 11.3 Å². The Morgan fingerprint density at radius 1 is 0.967 bits per heavy atom. The number of halogens is 1. The number of anilines is 1. The normalized spacial score (nSPS) is 10.7. The summed E-state index contributed by atoms with van der Waals surface area (Å²) in [5, 5.41) is 15.7. The molecule has 6 heteroatoms. The van der Waals surface area contributed by atoms with Crippen molar-refractivity contribution >= 4 is 23.2 Å². The van der Waals surface area contributed by atoms with E-state index in [1.165, 1.54) is 6.20 Å². The molecule has 0 spiro atoms. The van der Waals surface area contributed by atoms with Crippen LogP contribution in [0.1, 0.15) is 5.56 Å². The Morgan fingerprint density at radius 3 is 2.33 bits per heavy atom. The molecule has 3 aromatic rings. The molecule has 0 heterocycles. The Hall–Kier alpha value is -3.75. The number of hydrogen-bond donors (Lipinski definition) is 2. The van der Waals surface area contributed by atoms with Crippen LogP contribution in [-0.4, -0.2) is 12.5 Å². The smallest absolute Gasteiger partial charge is 0.267 e. The van der Waals surface area contributed by atoms with Crippen LogP contribution in [0.4, 0.5) is 5.69 Å². The summed E-state index contributed by atoms with van der Waals surface area (Å²) >= 11 is 6.12. The number of amides is 1. The average Bonchev–Trinajstić information content (AvgIpc) is 2.77. The molecule has 0 atom stereocenters. The van der Waals surface area contributed by atoms with Gasteiger partial charge in [0.25, 0.3) is 5.91 Å². The van der Waals surface area contributed by atoms with Gasteiger partial charge in [0.2, 0.25) is 0 Å². The summed E-state index contributed by atoms with van der Waals surface area (Å²) in [6.07, 6.45) is 2.10. The lowest BCUT2D eigenvalue weighted by Crippen LogP contribution is -2.18. The predicted octanol–water partition coefficient (Wildman–Crippen LogP) is 5.31. The molecule has 0 unspecified atom stereocenters.